The molecule has 0 saturated heterocycles. The summed E-state index contributed by atoms with van der Waals surface area (Å²) in [4.78, 5) is 12.8. The second-order valence-electron chi connectivity index (χ2n) is 3.37. The van der Waals surface area contributed by atoms with Crippen molar-refractivity contribution in [3.8, 4) is 0 Å². The van der Waals surface area contributed by atoms with Gasteiger partial charge in [0.2, 0.25) is 0 Å². The SMILES string of the molecule is Cc1cc(C(=O)NCCn2ccnn2)cs1. The lowest BCUT2D eigenvalue weighted by Crippen LogP contribution is -2.27. The highest BCUT2D eigenvalue weighted by Gasteiger charge is 2.06. The zero-order chi connectivity index (χ0) is 11.4. The molecule has 2 aromatic heterocycles. The second-order valence-corrected chi connectivity index (χ2v) is 4.48. The molecule has 0 unspecified atom stereocenters. The van der Waals surface area contributed by atoms with Crippen LogP contribution in [0.25, 0.3) is 0 Å². The number of carbonyl (C=O) groups excluding carboxylic acids is 1. The van der Waals surface area contributed by atoms with Crippen LogP contribution >= 0.6 is 11.3 Å². The molecule has 0 fully saturated rings. The lowest BCUT2D eigenvalue weighted by atomic mass is 10.3. The number of nitrogens with one attached hydrogen (secondary N) is 1. The van der Waals surface area contributed by atoms with Gasteiger partial charge in [-0.15, -0.1) is 16.4 Å². The van der Waals surface area contributed by atoms with Gasteiger partial charge in [-0.3, -0.25) is 9.48 Å². The highest BCUT2D eigenvalue weighted by molar-refractivity contribution is 7.10. The molecule has 0 saturated carbocycles. The number of aromatic nitrogens is 3. The number of nitrogens with zero attached hydrogens (tertiary/aromatic N) is 3. The van der Waals surface area contributed by atoms with Crippen LogP contribution in [0, 0.1) is 6.92 Å². The Bertz CT molecular complexity index is 463. The normalized spacial score (nSPS) is 10.3. The third-order valence-electron chi connectivity index (χ3n) is 2.09. The molecule has 2 heterocycles. The molecule has 0 aliphatic heterocycles. The predicted octanol–water partition coefficient (Wildman–Crippen LogP) is 1.08. The molecule has 0 aliphatic rings. The van der Waals surface area contributed by atoms with E-state index in [0.717, 1.165) is 10.4 Å². The van der Waals surface area contributed by atoms with Gasteiger partial charge in [-0.25, -0.2) is 0 Å². The molecule has 16 heavy (non-hydrogen) atoms. The van der Waals surface area contributed by atoms with Crippen LogP contribution in [0.3, 0.4) is 0 Å². The zero-order valence-electron chi connectivity index (χ0n) is 8.88. The van der Waals surface area contributed by atoms with Crippen LogP contribution in [0.5, 0.6) is 0 Å². The Labute approximate surface area is 97.1 Å². The Hall–Kier alpha value is -1.69. The van der Waals surface area contributed by atoms with E-state index in [0.29, 0.717) is 13.1 Å². The molecule has 5 nitrogen and oxygen atoms in total. The fourth-order valence-electron chi connectivity index (χ4n) is 1.30. The topological polar surface area (TPSA) is 59.8 Å². The van der Waals surface area contributed by atoms with Crippen LogP contribution in [0.4, 0.5) is 0 Å². The molecular formula is C10H12N4OS. The summed E-state index contributed by atoms with van der Waals surface area (Å²) >= 11 is 1.58. The number of rotatable bonds is 4. The van der Waals surface area contributed by atoms with E-state index in [1.165, 1.54) is 0 Å². The van der Waals surface area contributed by atoms with Gasteiger partial charge in [0.25, 0.3) is 5.91 Å². The average Bonchev–Trinajstić information content (AvgIpc) is 2.89. The fourth-order valence-corrected chi connectivity index (χ4v) is 1.98. The van der Waals surface area contributed by atoms with Gasteiger partial charge in [0.1, 0.15) is 0 Å². The molecule has 0 bridgehead atoms. The van der Waals surface area contributed by atoms with Crippen LogP contribution in [0.1, 0.15) is 15.2 Å². The summed E-state index contributed by atoms with van der Waals surface area (Å²) in [5, 5.41) is 12.2. The van der Waals surface area contributed by atoms with E-state index >= 15 is 0 Å². The predicted molar refractivity (Wildman–Crippen MR) is 61.4 cm³/mol. The van der Waals surface area contributed by atoms with Crippen molar-refractivity contribution in [2.75, 3.05) is 6.54 Å². The van der Waals surface area contributed by atoms with Gasteiger partial charge in [0, 0.05) is 23.0 Å². The molecule has 0 spiro atoms. The number of hydrogen-bond acceptors (Lipinski definition) is 4. The summed E-state index contributed by atoms with van der Waals surface area (Å²) in [7, 11) is 0. The lowest BCUT2D eigenvalue weighted by Gasteiger charge is -2.02. The summed E-state index contributed by atoms with van der Waals surface area (Å²) in [6.07, 6.45) is 3.38. The standard InChI is InChI=1S/C10H12N4OS/c1-8-6-9(7-16-8)10(15)11-2-4-14-5-3-12-13-14/h3,5-7H,2,4H2,1H3,(H,11,15). The minimum Gasteiger partial charge on any atom is -0.350 e. The Balaban J connectivity index is 1.80. The first-order valence-corrected chi connectivity index (χ1v) is 5.81. The molecule has 0 aromatic carbocycles. The minimum absolute atomic E-state index is 0.0375. The van der Waals surface area contributed by atoms with Crippen molar-refractivity contribution >= 4 is 17.2 Å². The molecule has 0 radical (unpaired) electrons. The number of amides is 1. The highest BCUT2D eigenvalue weighted by atomic mass is 32.1. The first-order valence-electron chi connectivity index (χ1n) is 4.93. The van der Waals surface area contributed by atoms with Crippen molar-refractivity contribution < 1.29 is 4.79 Å². The van der Waals surface area contributed by atoms with Gasteiger partial charge in [-0.2, -0.15) is 0 Å². The van der Waals surface area contributed by atoms with E-state index in [9.17, 15) is 4.79 Å². The smallest absolute Gasteiger partial charge is 0.252 e. The van der Waals surface area contributed by atoms with Crippen molar-refractivity contribution in [2.45, 2.75) is 13.5 Å². The molecule has 6 heteroatoms. The van der Waals surface area contributed by atoms with E-state index in [1.807, 2.05) is 18.4 Å². The van der Waals surface area contributed by atoms with E-state index in [1.54, 1.807) is 28.4 Å². The van der Waals surface area contributed by atoms with Gasteiger partial charge in [-0.1, -0.05) is 5.21 Å². The number of thiophene rings is 1. The number of hydrogen-bond donors (Lipinski definition) is 1. The van der Waals surface area contributed by atoms with Crippen molar-refractivity contribution in [3.05, 3.63) is 34.3 Å². The summed E-state index contributed by atoms with van der Waals surface area (Å²) in [6, 6.07) is 1.88. The van der Waals surface area contributed by atoms with Gasteiger partial charge in [0.15, 0.2) is 0 Å². The molecular weight excluding hydrogens is 224 g/mol. The van der Waals surface area contributed by atoms with Gasteiger partial charge in [0.05, 0.1) is 18.3 Å². The van der Waals surface area contributed by atoms with Crippen molar-refractivity contribution in [1.82, 2.24) is 20.3 Å². The quantitative estimate of drug-likeness (QED) is 0.864. The van der Waals surface area contributed by atoms with Gasteiger partial charge >= 0.3 is 0 Å². The van der Waals surface area contributed by atoms with Crippen molar-refractivity contribution in [1.29, 1.82) is 0 Å². The average molecular weight is 236 g/mol. The maximum Gasteiger partial charge on any atom is 0.252 e. The Kier molecular flexibility index (Phi) is 3.31. The molecule has 0 aliphatic carbocycles. The summed E-state index contributed by atoms with van der Waals surface area (Å²) < 4.78 is 1.68. The monoisotopic (exact) mass is 236 g/mol. The summed E-state index contributed by atoms with van der Waals surface area (Å²) in [5.74, 6) is -0.0375. The third-order valence-corrected chi connectivity index (χ3v) is 2.95. The first kappa shape index (κ1) is 10.8. The first-order chi connectivity index (χ1) is 7.75. The third kappa shape index (κ3) is 2.66. The summed E-state index contributed by atoms with van der Waals surface area (Å²) in [5.41, 5.74) is 0.723. The molecule has 2 aromatic rings. The van der Waals surface area contributed by atoms with Crippen LogP contribution in [-0.4, -0.2) is 27.4 Å². The van der Waals surface area contributed by atoms with Crippen LogP contribution in [-0.2, 0) is 6.54 Å². The maximum absolute atomic E-state index is 11.6. The highest BCUT2D eigenvalue weighted by Crippen LogP contribution is 2.12. The Morgan fingerprint density at radius 1 is 1.62 bits per heavy atom. The number of carbonyl (C=O) groups is 1. The maximum atomic E-state index is 11.6. The van der Waals surface area contributed by atoms with Gasteiger partial charge in [-0.05, 0) is 13.0 Å². The fraction of sp³-hybridized carbons (Fsp3) is 0.300. The summed E-state index contributed by atoms with van der Waals surface area (Å²) in [6.45, 7) is 3.17. The molecule has 2 rings (SSSR count). The van der Waals surface area contributed by atoms with E-state index in [4.69, 9.17) is 0 Å². The van der Waals surface area contributed by atoms with E-state index in [2.05, 4.69) is 15.6 Å². The van der Waals surface area contributed by atoms with Crippen molar-refractivity contribution in [3.63, 3.8) is 0 Å². The molecule has 0 atom stereocenters. The van der Waals surface area contributed by atoms with Gasteiger partial charge < -0.3 is 5.32 Å². The van der Waals surface area contributed by atoms with Crippen LogP contribution in [0.2, 0.25) is 0 Å². The molecule has 1 amide bonds. The Morgan fingerprint density at radius 3 is 3.12 bits per heavy atom. The Morgan fingerprint density at radius 2 is 2.50 bits per heavy atom. The zero-order valence-corrected chi connectivity index (χ0v) is 9.70. The van der Waals surface area contributed by atoms with E-state index in [-0.39, 0.29) is 5.91 Å². The minimum atomic E-state index is -0.0375. The second kappa shape index (κ2) is 4.89. The largest absolute Gasteiger partial charge is 0.350 e. The number of aryl methyl sites for hydroxylation is 1. The van der Waals surface area contributed by atoms with Crippen molar-refractivity contribution in [2.24, 2.45) is 0 Å². The molecule has 84 valence electrons. The van der Waals surface area contributed by atoms with Crippen LogP contribution < -0.4 is 5.32 Å². The molecule has 1 N–H and O–H groups in total. The van der Waals surface area contributed by atoms with E-state index < -0.39 is 0 Å². The lowest BCUT2D eigenvalue weighted by molar-refractivity contribution is 0.0952. The van der Waals surface area contributed by atoms with Crippen LogP contribution in [0.15, 0.2) is 23.8 Å².